The number of amides is 1. The van der Waals surface area contributed by atoms with Gasteiger partial charge >= 0.3 is 0 Å². The first-order valence-corrected chi connectivity index (χ1v) is 7.77. The second-order valence-corrected chi connectivity index (χ2v) is 6.31. The molecule has 1 saturated carbocycles. The number of carbonyl (C=O) groups excluding carboxylic acids is 1. The maximum Gasteiger partial charge on any atom is 0.273 e. The fourth-order valence-corrected chi connectivity index (χ4v) is 3.24. The predicted molar refractivity (Wildman–Crippen MR) is 75.2 cm³/mol. The molecule has 1 unspecified atom stereocenters. The lowest BCUT2D eigenvalue weighted by Crippen LogP contribution is -2.49. The average Bonchev–Trinajstić information content (AvgIpc) is 3.14. The third-order valence-corrected chi connectivity index (χ3v) is 4.84. The summed E-state index contributed by atoms with van der Waals surface area (Å²) in [6.45, 7) is 5.53. The minimum atomic E-state index is -0.0988. The molecule has 0 aromatic carbocycles. The van der Waals surface area contributed by atoms with Crippen LogP contribution in [0.5, 0.6) is 0 Å². The van der Waals surface area contributed by atoms with Crippen LogP contribution in [0, 0.1) is 0 Å². The van der Waals surface area contributed by atoms with Gasteiger partial charge in [0.1, 0.15) is 10.7 Å². The second-order valence-electron chi connectivity index (χ2n) is 5.42. The van der Waals surface area contributed by atoms with Crippen molar-refractivity contribution in [1.29, 1.82) is 0 Å². The van der Waals surface area contributed by atoms with Crippen LogP contribution < -0.4 is 5.73 Å². The summed E-state index contributed by atoms with van der Waals surface area (Å²) in [5, 5.41) is 2.66. The van der Waals surface area contributed by atoms with Gasteiger partial charge in [0, 0.05) is 37.6 Å². The zero-order valence-electron chi connectivity index (χ0n) is 11.2. The lowest BCUT2D eigenvalue weighted by atomic mass is 10.3. The summed E-state index contributed by atoms with van der Waals surface area (Å²) >= 11 is 1.47. The Morgan fingerprint density at radius 2 is 2.11 bits per heavy atom. The zero-order chi connectivity index (χ0) is 13.4. The van der Waals surface area contributed by atoms with Crippen molar-refractivity contribution >= 4 is 17.2 Å². The molecule has 1 saturated heterocycles. The van der Waals surface area contributed by atoms with Gasteiger partial charge in [-0.05, 0) is 19.8 Å². The third-order valence-electron chi connectivity index (χ3n) is 3.80. The van der Waals surface area contributed by atoms with Gasteiger partial charge < -0.3 is 10.6 Å². The number of aromatic nitrogens is 1. The van der Waals surface area contributed by atoms with Gasteiger partial charge in [-0.1, -0.05) is 0 Å². The molecule has 2 N–H and O–H groups in total. The highest BCUT2D eigenvalue weighted by molar-refractivity contribution is 7.09. The minimum absolute atomic E-state index is 0.0543. The van der Waals surface area contributed by atoms with E-state index in [1.165, 1.54) is 24.2 Å². The van der Waals surface area contributed by atoms with Crippen LogP contribution in [-0.4, -0.2) is 52.9 Å². The Balaban J connectivity index is 1.60. The molecule has 0 bridgehead atoms. The Labute approximate surface area is 117 Å². The molecule has 3 rings (SSSR count). The number of thiazole rings is 1. The van der Waals surface area contributed by atoms with E-state index in [4.69, 9.17) is 5.73 Å². The molecule has 6 heteroatoms. The number of nitrogens with two attached hydrogens (primary N) is 1. The molecule has 1 aromatic heterocycles. The Morgan fingerprint density at radius 3 is 2.63 bits per heavy atom. The standard InChI is InChI=1S/C13H20N4OS/c1-9(14)12-15-11(8-19-12)13(18)17-6-4-16(5-7-17)10-2-3-10/h8-10H,2-7,14H2,1H3. The fraction of sp³-hybridized carbons (Fsp3) is 0.692. The predicted octanol–water partition coefficient (Wildman–Crippen LogP) is 1.08. The molecule has 1 amide bonds. The van der Waals surface area contributed by atoms with Crippen LogP contribution in [0.4, 0.5) is 0 Å². The van der Waals surface area contributed by atoms with E-state index in [9.17, 15) is 4.79 Å². The quantitative estimate of drug-likeness (QED) is 0.900. The van der Waals surface area contributed by atoms with Crippen LogP contribution in [0.2, 0.25) is 0 Å². The van der Waals surface area contributed by atoms with Crippen molar-refractivity contribution in [3.63, 3.8) is 0 Å². The van der Waals surface area contributed by atoms with Crippen LogP contribution in [0.3, 0.4) is 0 Å². The van der Waals surface area contributed by atoms with Crippen LogP contribution in [0.25, 0.3) is 0 Å². The molecule has 0 radical (unpaired) electrons. The third kappa shape index (κ3) is 2.80. The van der Waals surface area contributed by atoms with Crippen molar-refractivity contribution in [3.8, 4) is 0 Å². The van der Waals surface area contributed by atoms with Crippen molar-refractivity contribution < 1.29 is 4.79 Å². The van der Waals surface area contributed by atoms with Gasteiger partial charge in [0.05, 0.1) is 6.04 Å². The van der Waals surface area contributed by atoms with Gasteiger partial charge in [0.25, 0.3) is 5.91 Å². The molecule has 104 valence electrons. The molecular formula is C13H20N4OS. The monoisotopic (exact) mass is 280 g/mol. The molecule has 2 heterocycles. The number of hydrogen-bond acceptors (Lipinski definition) is 5. The maximum absolute atomic E-state index is 12.3. The van der Waals surface area contributed by atoms with Crippen LogP contribution >= 0.6 is 11.3 Å². The molecule has 1 aromatic rings. The summed E-state index contributed by atoms with van der Waals surface area (Å²) in [6, 6.07) is 0.694. The van der Waals surface area contributed by atoms with E-state index in [0.29, 0.717) is 5.69 Å². The number of rotatable bonds is 3. The van der Waals surface area contributed by atoms with Crippen molar-refractivity contribution in [1.82, 2.24) is 14.8 Å². The number of hydrogen-bond donors (Lipinski definition) is 1. The fourth-order valence-electron chi connectivity index (χ4n) is 2.49. The molecule has 2 fully saturated rings. The van der Waals surface area contributed by atoms with Gasteiger partial charge in [-0.15, -0.1) is 11.3 Å². The molecule has 2 aliphatic rings. The summed E-state index contributed by atoms with van der Waals surface area (Å²) < 4.78 is 0. The van der Waals surface area contributed by atoms with E-state index >= 15 is 0 Å². The van der Waals surface area contributed by atoms with Gasteiger partial charge in [-0.25, -0.2) is 4.98 Å². The summed E-state index contributed by atoms with van der Waals surface area (Å²) in [5.41, 5.74) is 6.33. The largest absolute Gasteiger partial charge is 0.335 e. The van der Waals surface area contributed by atoms with Crippen molar-refractivity contribution in [2.24, 2.45) is 5.73 Å². The highest BCUT2D eigenvalue weighted by Crippen LogP contribution is 2.27. The van der Waals surface area contributed by atoms with Gasteiger partial charge in [0.2, 0.25) is 0 Å². The van der Waals surface area contributed by atoms with E-state index in [-0.39, 0.29) is 11.9 Å². The Morgan fingerprint density at radius 1 is 1.42 bits per heavy atom. The van der Waals surface area contributed by atoms with E-state index in [1.54, 1.807) is 0 Å². The number of carbonyl (C=O) groups is 1. The average molecular weight is 280 g/mol. The van der Waals surface area contributed by atoms with Crippen LogP contribution in [0.15, 0.2) is 5.38 Å². The second kappa shape index (κ2) is 5.19. The van der Waals surface area contributed by atoms with Crippen LogP contribution in [-0.2, 0) is 0 Å². The molecule has 1 aliphatic carbocycles. The Hall–Kier alpha value is -0.980. The molecule has 19 heavy (non-hydrogen) atoms. The lowest BCUT2D eigenvalue weighted by molar-refractivity contribution is 0.0622. The number of piperazine rings is 1. The molecule has 0 spiro atoms. The summed E-state index contributed by atoms with van der Waals surface area (Å²) in [4.78, 5) is 21.1. The van der Waals surface area contributed by atoms with Crippen molar-refractivity contribution in [3.05, 3.63) is 16.1 Å². The van der Waals surface area contributed by atoms with E-state index in [2.05, 4.69) is 9.88 Å². The molecule has 1 atom stereocenters. The first-order chi connectivity index (χ1) is 9.15. The van der Waals surface area contributed by atoms with Crippen LogP contribution in [0.1, 0.15) is 41.3 Å². The minimum Gasteiger partial charge on any atom is -0.335 e. The normalized spacial score (nSPS) is 22.5. The smallest absolute Gasteiger partial charge is 0.273 e. The van der Waals surface area contributed by atoms with E-state index < -0.39 is 0 Å². The Bertz CT molecular complexity index is 461. The highest BCUT2D eigenvalue weighted by Gasteiger charge is 2.32. The van der Waals surface area contributed by atoms with E-state index in [1.807, 2.05) is 17.2 Å². The summed E-state index contributed by atoms with van der Waals surface area (Å²) in [5.74, 6) is 0.0543. The zero-order valence-corrected chi connectivity index (χ0v) is 12.0. The highest BCUT2D eigenvalue weighted by atomic mass is 32.1. The molecule has 1 aliphatic heterocycles. The first-order valence-electron chi connectivity index (χ1n) is 6.89. The number of nitrogens with zero attached hydrogens (tertiary/aromatic N) is 3. The lowest BCUT2D eigenvalue weighted by Gasteiger charge is -2.34. The topological polar surface area (TPSA) is 62.5 Å². The first kappa shape index (κ1) is 13.0. The summed E-state index contributed by atoms with van der Waals surface area (Å²) in [6.07, 6.45) is 2.66. The van der Waals surface area contributed by atoms with Gasteiger partial charge in [-0.2, -0.15) is 0 Å². The maximum atomic E-state index is 12.3. The van der Waals surface area contributed by atoms with Crippen molar-refractivity contribution in [2.75, 3.05) is 26.2 Å². The SMILES string of the molecule is CC(N)c1nc(C(=O)N2CCN(C3CC3)CC2)cs1. The van der Waals surface area contributed by atoms with Gasteiger partial charge in [-0.3, -0.25) is 9.69 Å². The van der Waals surface area contributed by atoms with Gasteiger partial charge in [0.15, 0.2) is 0 Å². The van der Waals surface area contributed by atoms with Crippen molar-refractivity contribution in [2.45, 2.75) is 31.8 Å². The molecule has 5 nitrogen and oxygen atoms in total. The molecular weight excluding hydrogens is 260 g/mol. The summed E-state index contributed by atoms with van der Waals surface area (Å²) in [7, 11) is 0. The Kier molecular flexibility index (Phi) is 3.56. The van der Waals surface area contributed by atoms with E-state index in [0.717, 1.165) is 37.2 Å².